The van der Waals surface area contributed by atoms with Crippen LogP contribution in [0, 0.1) is 0 Å². The molecule has 7 heavy (non-hydrogen) atoms. The van der Waals surface area contributed by atoms with Crippen LogP contribution in [-0.4, -0.2) is 25.1 Å². The van der Waals surface area contributed by atoms with Crippen LogP contribution in [0.2, 0.25) is 0 Å². The van der Waals surface area contributed by atoms with Crippen LogP contribution in [0.3, 0.4) is 0 Å². The van der Waals surface area contributed by atoms with E-state index in [9.17, 15) is 0 Å². The van der Waals surface area contributed by atoms with E-state index >= 15 is 0 Å². The van der Waals surface area contributed by atoms with Crippen molar-refractivity contribution in [2.75, 3.05) is 0 Å². The fourth-order valence-corrected chi connectivity index (χ4v) is 0.359. The summed E-state index contributed by atoms with van der Waals surface area (Å²) in [4.78, 5) is 0. The molecule has 0 saturated carbocycles. The number of nitrogens with zero attached hydrogens (tertiary/aromatic N) is 1. The maximum atomic E-state index is 5.10. The lowest BCUT2D eigenvalue weighted by molar-refractivity contribution is 1.11. The number of rotatable bonds is 1. The molecule has 1 heterocycles. The van der Waals surface area contributed by atoms with Crippen molar-refractivity contribution in [2.24, 2.45) is 0 Å². The van der Waals surface area contributed by atoms with E-state index in [0.717, 1.165) is 5.59 Å². The minimum atomic E-state index is 0.847. The number of H-pyrrole nitrogens is 1. The second-order valence-electron chi connectivity index (χ2n) is 1.18. The van der Waals surface area contributed by atoms with Crippen LogP contribution in [0.1, 0.15) is 0 Å². The largest absolute Gasteiger partial charge is 0.293 e. The summed E-state index contributed by atoms with van der Waals surface area (Å²) in [5, 5.41) is 6.31. The smallest absolute Gasteiger partial charge is 0.121 e. The molecule has 0 aliphatic carbocycles. The van der Waals surface area contributed by atoms with Gasteiger partial charge in [0.05, 0.1) is 0 Å². The summed E-state index contributed by atoms with van der Waals surface area (Å²) in [5.41, 5.74) is 0.847. The second-order valence-corrected chi connectivity index (χ2v) is 1.18. The summed E-state index contributed by atoms with van der Waals surface area (Å²) in [5.74, 6) is 0. The molecule has 3 radical (unpaired) electrons. The monoisotopic (exact) mass is 89.0 g/mol. The standard InChI is InChI=1S/C3H3B2N2/c4-5-3-1-2-6-7-3/h1-2H,(H,6,7). The Labute approximate surface area is 44.0 Å². The highest BCUT2D eigenvalue weighted by Crippen LogP contribution is 1.63. The first-order valence-corrected chi connectivity index (χ1v) is 1.98. The van der Waals surface area contributed by atoms with Crippen molar-refractivity contribution in [2.45, 2.75) is 0 Å². The lowest BCUT2D eigenvalue weighted by atomic mass is 9.54. The predicted octanol–water partition coefficient (Wildman–Crippen LogP) is -1.18. The maximum absolute atomic E-state index is 5.10. The van der Waals surface area contributed by atoms with Crippen molar-refractivity contribution in [1.82, 2.24) is 10.2 Å². The maximum Gasteiger partial charge on any atom is 0.121 e. The molecule has 0 fully saturated rings. The van der Waals surface area contributed by atoms with Gasteiger partial charge < -0.3 is 0 Å². The summed E-state index contributed by atoms with van der Waals surface area (Å²) in [7, 11) is 6.56. The van der Waals surface area contributed by atoms with Gasteiger partial charge in [0.25, 0.3) is 0 Å². The highest BCUT2D eigenvalue weighted by atomic mass is 15.1. The van der Waals surface area contributed by atoms with Crippen molar-refractivity contribution < 1.29 is 0 Å². The van der Waals surface area contributed by atoms with Crippen LogP contribution >= 0.6 is 0 Å². The number of hydrogen-bond acceptors (Lipinski definition) is 1. The Bertz CT molecular complexity index is 125. The van der Waals surface area contributed by atoms with Gasteiger partial charge in [-0.15, -0.1) is 0 Å². The van der Waals surface area contributed by atoms with Crippen LogP contribution in [0.5, 0.6) is 0 Å². The summed E-state index contributed by atoms with van der Waals surface area (Å²) in [6.07, 6.45) is 1.65. The van der Waals surface area contributed by atoms with Gasteiger partial charge in [-0.05, 0) is 11.7 Å². The van der Waals surface area contributed by atoms with E-state index < -0.39 is 0 Å². The third-order valence-corrected chi connectivity index (χ3v) is 0.702. The highest BCUT2D eigenvalue weighted by molar-refractivity contribution is 6.97. The Hall–Kier alpha value is -0.660. The average Bonchev–Trinajstić information content (AvgIpc) is 2.14. The molecule has 0 bridgehead atoms. The fraction of sp³-hybridized carbons (Fsp3) is 0. The number of hydrogen-bond donors (Lipinski definition) is 1. The van der Waals surface area contributed by atoms with Crippen LogP contribution < -0.4 is 5.59 Å². The lowest BCUT2D eigenvalue weighted by Crippen LogP contribution is -2.14. The molecule has 31 valence electrons. The van der Waals surface area contributed by atoms with Crippen molar-refractivity contribution >= 4 is 20.5 Å². The zero-order chi connectivity index (χ0) is 5.11. The van der Waals surface area contributed by atoms with E-state index in [1.165, 1.54) is 7.17 Å². The third-order valence-electron chi connectivity index (χ3n) is 0.702. The van der Waals surface area contributed by atoms with Crippen molar-refractivity contribution in [3.8, 4) is 0 Å². The normalized spacial score (nSPS) is 8.57. The average molecular weight is 88.7 g/mol. The van der Waals surface area contributed by atoms with E-state index in [1.807, 2.05) is 0 Å². The van der Waals surface area contributed by atoms with Gasteiger partial charge in [0.1, 0.15) is 7.17 Å². The van der Waals surface area contributed by atoms with Crippen molar-refractivity contribution in [3.63, 3.8) is 0 Å². The van der Waals surface area contributed by atoms with E-state index in [1.54, 1.807) is 12.3 Å². The molecule has 0 saturated heterocycles. The van der Waals surface area contributed by atoms with Crippen LogP contribution in [0.15, 0.2) is 12.3 Å². The van der Waals surface area contributed by atoms with Crippen LogP contribution in [0.25, 0.3) is 0 Å². The molecule has 4 heteroatoms. The van der Waals surface area contributed by atoms with Crippen molar-refractivity contribution in [3.05, 3.63) is 12.3 Å². The molecule has 1 rings (SSSR count). The molecule has 0 atom stereocenters. The van der Waals surface area contributed by atoms with E-state index in [4.69, 9.17) is 7.74 Å². The zero-order valence-electron chi connectivity index (χ0n) is 3.76. The first-order valence-electron chi connectivity index (χ1n) is 1.98. The Morgan fingerprint density at radius 2 is 2.71 bits per heavy atom. The molecular weight excluding hydrogens is 85.7 g/mol. The molecule has 2 nitrogen and oxygen atoms in total. The molecular formula is C3H3B2N2. The van der Waals surface area contributed by atoms with E-state index in [0.29, 0.717) is 0 Å². The number of aromatic nitrogens is 2. The molecule has 0 unspecified atom stereocenters. The van der Waals surface area contributed by atoms with E-state index in [2.05, 4.69) is 10.2 Å². The number of nitrogens with one attached hydrogen (secondary N) is 1. The molecule has 0 aromatic carbocycles. The van der Waals surface area contributed by atoms with Gasteiger partial charge in [0.15, 0.2) is 0 Å². The Balaban J connectivity index is 2.76. The summed E-state index contributed by atoms with van der Waals surface area (Å²) < 4.78 is 0. The molecule has 1 aromatic heterocycles. The number of aromatic amines is 1. The van der Waals surface area contributed by atoms with Gasteiger partial charge in [-0.3, -0.25) is 5.10 Å². The zero-order valence-corrected chi connectivity index (χ0v) is 3.76. The second kappa shape index (κ2) is 1.87. The highest BCUT2D eigenvalue weighted by Gasteiger charge is 1.83. The summed E-state index contributed by atoms with van der Waals surface area (Å²) in [6, 6.07) is 1.79. The first kappa shape index (κ1) is 4.50. The van der Waals surface area contributed by atoms with Gasteiger partial charge in [-0.25, -0.2) is 0 Å². The minimum Gasteiger partial charge on any atom is -0.293 e. The molecule has 0 amide bonds. The molecule has 1 N–H and O–H groups in total. The molecule has 0 aliphatic rings. The van der Waals surface area contributed by atoms with Gasteiger partial charge in [-0.1, -0.05) is 0 Å². The summed E-state index contributed by atoms with van der Waals surface area (Å²) in [6.45, 7) is 0. The van der Waals surface area contributed by atoms with Gasteiger partial charge in [0.2, 0.25) is 0 Å². The van der Waals surface area contributed by atoms with E-state index in [-0.39, 0.29) is 0 Å². The van der Waals surface area contributed by atoms with Crippen molar-refractivity contribution in [1.29, 1.82) is 0 Å². The molecule has 0 aliphatic heterocycles. The first-order chi connectivity index (χ1) is 3.43. The van der Waals surface area contributed by atoms with Crippen LogP contribution in [-0.2, 0) is 0 Å². The van der Waals surface area contributed by atoms with Gasteiger partial charge in [0, 0.05) is 13.9 Å². The lowest BCUT2D eigenvalue weighted by Gasteiger charge is -1.78. The van der Waals surface area contributed by atoms with Gasteiger partial charge in [-0.2, -0.15) is 5.10 Å². The predicted molar refractivity (Wildman–Crippen MR) is 29.7 cm³/mol. The fourth-order valence-electron chi connectivity index (χ4n) is 0.359. The Morgan fingerprint density at radius 3 is 3.00 bits per heavy atom. The van der Waals surface area contributed by atoms with Crippen LogP contribution in [0.4, 0.5) is 0 Å². The molecule has 0 spiro atoms. The minimum absolute atomic E-state index is 0.847. The quantitative estimate of drug-likeness (QED) is 0.431. The third kappa shape index (κ3) is 0.856. The Kier molecular flexibility index (Phi) is 1.20. The SMILES string of the molecule is [B][B]c1ccn[nH]1. The molecule has 1 aromatic rings. The Morgan fingerprint density at radius 1 is 1.86 bits per heavy atom. The van der Waals surface area contributed by atoms with Gasteiger partial charge >= 0.3 is 0 Å². The summed E-state index contributed by atoms with van der Waals surface area (Å²) >= 11 is 0. The topological polar surface area (TPSA) is 28.7 Å².